The minimum atomic E-state index is -0.439. The van der Waals surface area contributed by atoms with Gasteiger partial charge in [0, 0.05) is 0 Å². The summed E-state index contributed by atoms with van der Waals surface area (Å²) in [6.07, 6.45) is 0. The van der Waals surface area contributed by atoms with E-state index < -0.39 is 5.24 Å². The summed E-state index contributed by atoms with van der Waals surface area (Å²) >= 11 is 5.28. The number of likely N-dealkylation sites (N-methyl/N-ethyl adjacent to an activating group) is 1. The molecule has 0 aromatic heterocycles. The molecule has 0 rings (SSSR count). The van der Waals surface area contributed by atoms with Crippen LogP contribution in [-0.2, 0) is 4.79 Å². The maximum atomic E-state index is 10.7. The topological polar surface area (TPSA) is 17.1 Å². The van der Waals surface area contributed by atoms with E-state index in [1.807, 2.05) is 28.1 Å². The molecular weight excluding hydrogens is 162 g/mol. The second-order valence-electron chi connectivity index (χ2n) is 3.59. The zero-order valence-corrected chi connectivity index (χ0v) is 8.27. The van der Waals surface area contributed by atoms with Gasteiger partial charge < -0.3 is 4.48 Å². The first-order valence-corrected chi connectivity index (χ1v) is 3.84. The molecule has 2 nitrogen and oxygen atoms in total. The molecule has 1 unspecified atom stereocenters. The third-order valence-corrected chi connectivity index (χ3v) is 2.16. The van der Waals surface area contributed by atoms with Gasteiger partial charge in [0.2, 0.25) is 0 Å². The van der Waals surface area contributed by atoms with Crippen LogP contribution in [0.3, 0.4) is 0 Å². The lowest BCUT2D eigenvalue weighted by molar-refractivity contribution is -0.887. The molecule has 0 fully saturated rings. The van der Waals surface area contributed by atoms with Crippen molar-refractivity contribution >= 4 is 16.8 Å². The Morgan fingerprint density at radius 3 is 1.91 bits per heavy atom. The molecule has 0 N–H and O–H groups in total. The van der Waals surface area contributed by atoms with Crippen molar-refractivity contribution in [2.75, 3.05) is 21.1 Å². The van der Waals surface area contributed by atoms with E-state index in [-0.39, 0.29) is 6.04 Å². The normalized spacial score (nSPS) is 14.3. The van der Waals surface area contributed by atoms with E-state index in [2.05, 4.69) is 6.58 Å². The molecule has 0 spiro atoms. The molecule has 0 aromatic rings. The van der Waals surface area contributed by atoms with Crippen LogP contribution in [0.1, 0.15) is 6.92 Å². The molecule has 0 aliphatic carbocycles. The second-order valence-corrected chi connectivity index (χ2v) is 3.93. The van der Waals surface area contributed by atoms with Gasteiger partial charge in [0.05, 0.1) is 26.7 Å². The van der Waals surface area contributed by atoms with E-state index in [0.29, 0.717) is 10.1 Å². The quantitative estimate of drug-likeness (QED) is 0.361. The summed E-state index contributed by atoms with van der Waals surface area (Å²) in [4.78, 5) is 10.7. The first kappa shape index (κ1) is 10.7. The van der Waals surface area contributed by atoms with Gasteiger partial charge in [0.25, 0.3) is 5.24 Å². The number of rotatable bonds is 3. The number of hydrogen-bond donors (Lipinski definition) is 0. The highest BCUT2D eigenvalue weighted by molar-refractivity contribution is 6.67. The number of quaternary nitrogens is 1. The number of halogens is 1. The second kappa shape index (κ2) is 3.37. The molecule has 0 amide bonds. The standard InChI is InChI=1S/C8H15ClNO/c1-6(8(9)11)7(2)10(3,4)5/h7H,1H2,2-5H3/q+1. The smallest absolute Gasteiger partial charge is 0.253 e. The lowest BCUT2D eigenvalue weighted by Gasteiger charge is -2.31. The van der Waals surface area contributed by atoms with Gasteiger partial charge in [-0.15, -0.1) is 0 Å². The van der Waals surface area contributed by atoms with Crippen molar-refractivity contribution in [2.24, 2.45) is 0 Å². The van der Waals surface area contributed by atoms with Crippen LogP contribution in [-0.4, -0.2) is 36.9 Å². The summed E-state index contributed by atoms with van der Waals surface area (Å²) in [6.45, 7) is 5.56. The Kier molecular flexibility index (Phi) is 3.27. The molecule has 0 bridgehead atoms. The summed E-state index contributed by atoms with van der Waals surface area (Å²) in [5, 5.41) is -0.439. The highest BCUT2D eigenvalue weighted by Gasteiger charge is 2.24. The summed E-state index contributed by atoms with van der Waals surface area (Å²) < 4.78 is 0.664. The van der Waals surface area contributed by atoms with Crippen LogP contribution in [0.4, 0.5) is 0 Å². The number of nitrogens with zero attached hydrogens (tertiary/aromatic N) is 1. The first-order valence-electron chi connectivity index (χ1n) is 3.46. The minimum absolute atomic E-state index is 0.0694. The van der Waals surface area contributed by atoms with Crippen LogP contribution in [0.25, 0.3) is 0 Å². The third-order valence-electron chi connectivity index (χ3n) is 1.92. The van der Waals surface area contributed by atoms with Crippen molar-refractivity contribution in [3.63, 3.8) is 0 Å². The van der Waals surface area contributed by atoms with Crippen molar-refractivity contribution in [3.8, 4) is 0 Å². The predicted octanol–water partition coefficient (Wildman–Crippen LogP) is 1.40. The fraction of sp³-hybridized carbons (Fsp3) is 0.625. The van der Waals surface area contributed by atoms with Crippen molar-refractivity contribution < 1.29 is 9.28 Å². The Bertz CT molecular complexity index is 181. The third kappa shape index (κ3) is 3.04. The number of carbonyl (C=O) groups is 1. The Morgan fingerprint density at radius 1 is 1.45 bits per heavy atom. The van der Waals surface area contributed by atoms with Gasteiger partial charge in [-0.25, -0.2) is 0 Å². The van der Waals surface area contributed by atoms with Crippen LogP contribution in [0, 0.1) is 0 Å². The van der Waals surface area contributed by atoms with Crippen molar-refractivity contribution in [1.29, 1.82) is 0 Å². The maximum Gasteiger partial charge on any atom is 0.253 e. The zero-order valence-electron chi connectivity index (χ0n) is 7.52. The Hall–Kier alpha value is -0.340. The molecule has 0 radical (unpaired) electrons. The molecule has 3 heteroatoms. The highest BCUT2D eigenvalue weighted by atomic mass is 35.5. The molecule has 64 valence electrons. The van der Waals surface area contributed by atoms with E-state index in [1.165, 1.54) is 0 Å². The SMILES string of the molecule is C=C(C(=O)Cl)C(C)[N+](C)(C)C. The summed E-state index contributed by atoms with van der Waals surface area (Å²) in [5.74, 6) is 0. The van der Waals surface area contributed by atoms with Crippen molar-refractivity contribution in [3.05, 3.63) is 12.2 Å². The fourth-order valence-corrected chi connectivity index (χ4v) is 0.790. The predicted molar refractivity (Wildman–Crippen MR) is 47.5 cm³/mol. The molecule has 0 heterocycles. The van der Waals surface area contributed by atoms with E-state index in [0.717, 1.165) is 0 Å². The monoisotopic (exact) mass is 176 g/mol. The summed E-state index contributed by atoms with van der Waals surface area (Å²) in [6, 6.07) is 0.0694. The average Bonchev–Trinajstić information content (AvgIpc) is 1.82. The minimum Gasteiger partial charge on any atom is -0.325 e. The summed E-state index contributed by atoms with van der Waals surface area (Å²) in [7, 11) is 5.99. The van der Waals surface area contributed by atoms with Gasteiger partial charge in [-0.3, -0.25) is 4.79 Å². The molecule has 1 atom stereocenters. The van der Waals surface area contributed by atoms with E-state index in [9.17, 15) is 4.79 Å². The molecule has 0 saturated heterocycles. The van der Waals surface area contributed by atoms with Gasteiger partial charge in [-0.1, -0.05) is 6.58 Å². The zero-order chi connectivity index (χ0) is 9.23. The Labute approximate surface area is 73.0 Å². The molecular formula is C8H15ClNO+. The van der Waals surface area contributed by atoms with Gasteiger partial charge in [-0.2, -0.15) is 0 Å². The van der Waals surface area contributed by atoms with Gasteiger partial charge in [0.1, 0.15) is 6.04 Å². The summed E-state index contributed by atoms with van der Waals surface area (Å²) in [5.41, 5.74) is 0.471. The van der Waals surface area contributed by atoms with Crippen LogP contribution >= 0.6 is 11.6 Å². The maximum absolute atomic E-state index is 10.7. The molecule has 0 aliphatic rings. The van der Waals surface area contributed by atoms with E-state index >= 15 is 0 Å². The highest BCUT2D eigenvalue weighted by Crippen LogP contribution is 2.13. The molecule has 0 aromatic carbocycles. The number of carbonyl (C=O) groups excluding carboxylic acids is 1. The van der Waals surface area contributed by atoms with E-state index in [1.54, 1.807) is 0 Å². The first-order chi connectivity index (χ1) is 4.76. The van der Waals surface area contributed by atoms with Crippen LogP contribution < -0.4 is 0 Å². The van der Waals surface area contributed by atoms with Crippen molar-refractivity contribution in [2.45, 2.75) is 13.0 Å². The molecule has 11 heavy (non-hydrogen) atoms. The Balaban J connectivity index is 4.38. The largest absolute Gasteiger partial charge is 0.325 e. The lowest BCUT2D eigenvalue weighted by atomic mass is 10.1. The van der Waals surface area contributed by atoms with Gasteiger partial charge in [-0.05, 0) is 18.5 Å². The molecule has 0 aliphatic heterocycles. The van der Waals surface area contributed by atoms with Crippen LogP contribution in [0.15, 0.2) is 12.2 Å². The average molecular weight is 177 g/mol. The van der Waals surface area contributed by atoms with Crippen LogP contribution in [0.2, 0.25) is 0 Å². The van der Waals surface area contributed by atoms with Gasteiger partial charge >= 0.3 is 0 Å². The number of hydrogen-bond acceptors (Lipinski definition) is 1. The fourth-order valence-electron chi connectivity index (χ4n) is 0.632. The Morgan fingerprint density at radius 2 is 1.82 bits per heavy atom. The lowest BCUT2D eigenvalue weighted by Crippen LogP contribution is -2.45. The van der Waals surface area contributed by atoms with Crippen LogP contribution in [0.5, 0.6) is 0 Å². The van der Waals surface area contributed by atoms with Gasteiger partial charge in [0.15, 0.2) is 0 Å². The van der Waals surface area contributed by atoms with E-state index in [4.69, 9.17) is 11.6 Å². The van der Waals surface area contributed by atoms with Crippen molar-refractivity contribution in [1.82, 2.24) is 0 Å². The molecule has 0 saturated carbocycles.